The Balaban J connectivity index is 1.77. The number of nitrogens with two attached hydrogens (primary N) is 1. The van der Waals surface area contributed by atoms with Crippen LogP contribution in [0.5, 0.6) is 0 Å². The number of benzene rings is 1. The van der Waals surface area contributed by atoms with Crippen molar-refractivity contribution in [3.05, 3.63) is 35.4 Å². The zero-order chi connectivity index (χ0) is 20.5. The number of hydrogen-bond donors (Lipinski definition) is 1. The van der Waals surface area contributed by atoms with Crippen LogP contribution in [-0.4, -0.2) is 28.7 Å². The van der Waals surface area contributed by atoms with Crippen molar-refractivity contribution < 1.29 is 9.53 Å². The van der Waals surface area contributed by atoms with Crippen LogP contribution < -0.4 is 5.73 Å². The van der Waals surface area contributed by atoms with Crippen molar-refractivity contribution in [3.63, 3.8) is 0 Å². The predicted molar refractivity (Wildman–Crippen MR) is 116 cm³/mol. The molecule has 154 valence electrons. The molecule has 3 rings (SSSR count). The topological polar surface area (TPSA) is 55.6 Å². The summed E-state index contributed by atoms with van der Waals surface area (Å²) in [6, 6.07) is 6.85. The van der Waals surface area contributed by atoms with E-state index in [9.17, 15) is 4.79 Å². The Morgan fingerprint density at radius 2 is 1.82 bits per heavy atom. The Hall–Kier alpha value is -1.97. The number of allylic oxidation sites excluding steroid dienone is 2. The summed E-state index contributed by atoms with van der Waals surface area (Å²) in [4.78, 5) is 14.6. The first-order chi connectivity index (χ1) is 13.2. The van der Waals surface area contributed by atoms with Gasteiger partial charge in [-0.3, -0.25) is 0 Å². The van der Waals surface area contributed by atoms with Gasteiger partial charge in [0.1, 0.15) is 5.60 Å². The van der Waals surface area contributed by atoms with E-state index < -0.39 is 5.60 Å². The molecule has 4 nitrogen and oxygen atoms in total. The van der Waals surface area contributed by atoms with Crippen LogP contribution in [0, 0.1) is 0 Å². The molecule has 1 fully saturated rings. The van der Waals surface area contributed by atoms with Gasteiger partial charge in [-0.1, -0.05) is 12.1 Å². The molecular formula is C24H36N2O2. The SMILES string of the molecule is C[C@H]1CC(c2ccc(N)c(C3=CCCCC3)c2)C[C@H](C)N1C(=O)OC(C)(C)C. The highest BCUT2D eigenvalue weighted by atomic mass is 16.6. The third-order valence-corrected chi connectivity index (χ3v) is 5.99. The van der Waals surface area contributed by atoms with Crippen molar-refractivity contribution in [2.75, 3.05) is 5.73 Å². The molecule has 0 bridgehead atoms. The van der Waals surface area contributed by atoms with Crippen LogP contribution >= 0.6 is 0 Å². The van der Waals surface area contributed by atoms with Gasteiger partial charge in [0.15, 0.2) is 0 Å². The molecule has 1 amide bonds. The number of carbonyl (C=O) groups excluding carboxylic acids is 1. The molecule has 4 heteroatoms. The zero-order valence-electron chi connectivity index (χ0n) is 18.1. The van der Waals surface area contributed by atoms with E-state index in [0.29, 0.717) is 5.92 Å². The third-order valence-electron chi connectivity index (χ3n) is 5.99. The minimum atomic E-state index is -0.465. The molecule has 0 aromatic heterocycles. The Morgan fingerprint density at radius 3 is 2.39 bits per heavy atom. The number of carbonyl (C=O) groups is 1. The number of likely N-dealkylation sites (tertiary alicyclic amines) is 1. The van der Waals surface area contributed by atoms with Crippen LogP contribution in [0.3, 0.4) is 0 Å². The number of piperidine rings is 1. The Labute approximate surface area is 170 Å². The molecule has 2 aliphatic rings. The maximum absolute atomic E-state index is 12.7. The second kappa shape index (κ2) is 8.18. The van der Waals surface area contributed by atoms with Crippen molar-refractivity contribution in [2.45, 2.75) is 96.7 Å². The van der Waals surface area contributed by atoms with Gasteiger partial charge < -0.3 is 15.4 Å². The van der Waals surface area contributed by atoms with Crippen LogP contribution in [0.15, 0.2) is 24.3 Å². The van der Waals surface area contributed by atoms with Gasteiger partial charge in [0.2, 0.25) is 0 Å². The van der Waals surface area contributed by atoms with E-state index in [-0.39, 0.29) is 18.2 Å². The first-order valence-corrected chi connectivity index (χ1v) is 10.8. The lowest BCUT2D eigenvalue weighted by Crippen LogP contribution is -2.51. The Bertz CT molecular complexity index is 735. The first-order valence-electron chi connectivity index (χ1n) is 10.8. The summed E-state index contributed by atoms with van der Waals surface area (Å²) >= 11 is 0. The Kier molecular flexibility index (Phi) is 6.07. The quantitative estimate of drug-likeness (QED) is 0.625. The molecule has 2 N–H and O–H groups in total. The number of anilines is 1. The predicted octanol–water partition coefficient (Wildman–Crippen LogP) is 6.12. The van der Waals surface area contributed by atoms with Crippen molar-refractivity contribution in [1.29, 1.82) is 0 Å². The number of hydrogen-bond acceptors (Lipinski definition) is 3. The van der Waals surface area contributed by atoms with E-state index in [1.54, 1.807) is 0 Å². The number of nitrogen functional groups attached to an aromatic ring is 1. The van der Waals surface area contributed by atoms with Crippen LogP contribution in [-0.2, 0) is 4.74 Å². The van der Waals surface area contributed by atoms with E-state index in [2.05, 4.69) is 38.1 Å². The molecule has 1 aliphatic carbocycles. The maximum Gasteiger partial charge on any atom is 0.410 e. The van der Waals surface area contributed by atoms with E-state index in [4.69, 9.17) is 10.5 Å². The van der Waals surface area contributed by atoms with Crippen molar-refractivity contribution in [2.24, 2.45) is 0 Å². The highest BCUT2D eigenvalue weighted by molar-refractivity contribution is 5.76. The standard InChI is InChI=1S/C24H36N2O2/c1-16-13-20(14-17(2)26(16)23(27)28-24(3,4)5)19-11-12-22(25)21(15-19)18-9-7-6-8-10-18/h9,11-12,15-17,20H,6-8,10,13-14,25H2,1-5H3/t16-,17-/m0/s1. The molecule has 28 heavy (non-hydrogen) atoms. The van der Waals surface area contributed by atoms with Gasteiger partial charge in [-0.2, -0.15) is 0 Å². The van der Waals surface area contributed by atoms with Crippen molar-refractivity contribution in [1.82, 2.24) is 4.90 Å². The normalized spacial score (nSPS) is 26.0. The van der Waals surface area contributed by atoms with Gasteiger partial charge in [0, 0.05) is 23.3 Å². The molecule has 2 atom stereocenters. The monoisotopic (exact) mass is 384 g/mol. The second-order valence-corrected chi connectivity index (χ2v) is 9.58. The molecule has 1 aromatic carbocycles. The van der Waals surface area contributed by atoms with Crippen LogP contribution in [0.25, 0.3) is 5.57 Å². The molecule has 1 aromatic rings. The van der Waals surface area contributed by atoms with Gasteiger partial charge in [0.05, 0.1) is 0 Å². The van der Waals surface area contributed by atoms with Gasteiger partial charge in [0.25, 0.3) is 0 Å². The van der Waals surface area contributed by atoms with E-state index in [1.807, 2.05) is 25.7 Å². The summed E-state index contributed by atoms with van der Waals surface area (Å²) in [7, 11) is 0. The van der Waals surface area contributed by atoms with E-state index in [1.165, 1.54) is 29.5 Å². The second-order valence-electron chi connectivity index (χ2n) is 9.58. The molecule has 0 spiro atoms. The fourth-order valence-corrected chi connectivity index (χ4v) is 4.72. The van der Waals surface area contributed by atoms with Crippen molar-refractivity contribution in [3.8, 4) is 0 Å². The third kappa shape index (κ3) is 4.71. The average Bonchev–Trinajstić information content (AvgIpc) is 2.60. The number of ether oxygens (including phenoxy) is 1. The summed E-state index contributed by atoms with van der Waals surface area (Å²) in [5.41, 5.74) is 10.7. The van der Waals surface area contributed by atoms with E-state index in [0.717, 1.165) is 31.4 Å². The van der Waals surface area contributed by atoms with Gasteiger partial charge >= 0.3 is 6.09 Å². The van der Waals surface area contributed by atoms with Gasteiger partial charge in [-0.25, -0.2) is 4.79 Å². The summed E-state index contributed by atoms with van der Waals surface area (Å²) in [5.74, 6) is 0.437. The van der Waals surface area contributed by atoms with Crippen LogP contribution in [0.2, 0.25) is 0 Å². The molecule has 0 saturated carbocycles. The van der Waals surface area contributed by atoms with Gasteiger partial charge in [-0.15, -0.1) is 0 Å². The Morgan fingerprint density at radius 1 is 1.14 bits per heavy atom. The lowest BCUT2D eigenvalue weighted by molar-refractivity contribution is -0.00254. The average molecular weight is 385 g/mol. The fraction of sp³-hybridized carbons (Fsp3) is 0.625. The lowest BCUT2D eigenvalue weighted by atomic mass is 9.81. The zero-order valence-corrected chi connectivity index (χ0v) is 18.1. The molecule has 1 heterocycles. The van der Waals surface area contributed by atoms with Crippen LogP contribution in [0.1, 0.15) is 90.2 Å². The summed E-state index contributed by atoms with van der Waals surface area (Å²) in [6.07, 6.45) is 8.86. The fourth-order valence-electron chi connectivity index (χ4n) is 4.72. The van der Waals surface area contributed by atoms with Gasteiger partial charge in [-0.05, 0) is 102 Å². The number of amides is 1. The molecular weight excluding hydrogens is 348 g/mol. The summed E-state index contributed by atoms with van der Waals surface area (Å²) in [6.45, 7) is 10.0. The van der Waals surface area contributed by atoms with Crippen LogP contribution in [0.4, 0.5) is 10.5 Å². The largest absolute Gasteiger partial charge is 0.444 e. The first kappa shape index (κ1) is 20.8. The molecule has 0 unspecified atom stereocenters. The minimum absolute atomic E-state index is 0.151. The maximum atomic E-state index is 12.7. The minimum Gasteiger partial charge on any atom is -0.444 e. The highest BCUT2D eigenvalue weighted by Crippen LogP contribution is 2.39. The summed E-state index contributed by atoms with van der Waals surface area (Å²) in [5, 5.41) is 0. The number of rotatable bonds is 2. The molecule has 1 saturated heterocycles. The molecule has 0 radical (unpaired) electrons. The number of nitrogens with zero attached hydrogens (tertiary/aromatic N) is 1. The highest BCUT2D eigenvalue weighted by Gasteiger charge is 2.37. The summed E-state index contributed by atoms with van der Waals surface area (Å²) < 4.78 is 5.64. The smallest absolute Gasteiger partial charge is 0.410 e. The van der Waals surface area contributed by atoms with Crippen molar-refractivity contribution >= 4 is 17.4 Å². The lowest BCUT2D eigenvalue weighted by Gasteiger charge is -2.43. The molecule has 1 aliphatic heterocycles. The van der Waals surface area contributed by atoms with E-state index >= 15 is 0 Å².